The minimum atomic E-state index is -0.798. The minimum Gasteiger partial charge on any atom is -0.496 e. The summed E-state index contributed by atoms with van der Waals surface area (Å²) in [6, 6.07) is 3.69. The molecule has 4 N–H and O–H groups in total. The highest BCUT2D eigenvalue weighted by atomic mass is 79.9. The van der Waals surface area contributed by atoms with E-state index >= 15 is 0 Å². The maximum absolute atomic E-state index is 13.1. The van der Waals surface area contributed by atoms with E-state index in [0.717, 1.165) is 25.7 Å². The second-order valence-electron chi connectivity index (χ2n) is 9.03. The average Bonchev–Trinajstić information content (AvgIpc) is 3.15. The molecule has 1 aliphatic heterocycles. The van der Waals surface area contributed by atoms with E-state index in [0.29, 0.717) is 44.1 Å². The summed E-state index contributed by atoms with van der Waals surface area (Å²) in [7, 11) is 1.50. The summed E-state index contributed by atoms with van der Waals surface area (Å²) in [5, 5.41) is 2.83. The van der Waals surface area contributed by atoms with Gasteiger partial charge in [0.15, 0.2) is 11.5 Å². The molecule has 1 aromatic heterocycles. The summed E-state index contributed by atoms with van der Waals surface area (Å²) in [5.41, 5.74) is 7.95. The van der Waals surface area contributed by atoms with Gasteiger partial charge in [-0.3, -0.25) is 9.59 Å². The Morgan fingerprint density at radius 1 is 1.24 bits per heavy atom. The first-order valence-corrected chi connectivity index (χ1v) is 11.9. The Labute approximate surface area is 201 Å². The van der Waals surface area contributed by atoms with Gasteiger partial charge in [0.2, 0.25) is 0 Å². The Balaban J connectivity index is 1.55. The number of H-pyrrole nitrogens is 1. The lowest BCUT2D eigenvalue weighted by Gasteiger charge is -2.36. The summed E-state index contributed by atoms with van der Waals surface area (Å²) in [5.74, 6) is 0.708. The van der Waals surface area contributed by atoms with E-state index in [2.05, 4.69) is 26.2 Å². The van der Waals surface area contributed by atoms with Crippen molar-refractivity contribution in [3.63, 3.8) is 0 Å². The molecule has 1 atom stereocenters. The monoisotopic (exact) mass is 519 g/mol. The van der Waals surface area contributed by atoms with Gasteiger partial charge < -0.3 is 30.2 Å². The van der Waals surface area contributed by atoms with Crippen LogP contribution in [0, 0.1) is 19.8 Å². The van der Waals surface area contributed by atoms with Gasteiger partial charge in [0, 0.05) is 35.7 Å². The lowest BCUT2D eigenvalue weighted by atomic mass is 9.81. The van der Waals surface area contributed by atoms with E-state index < -0.39 is 5.79 Å². The van der Waals surface area contributed by atoms with Gasteiger partial charge in [0.1, 0.15) is 5.75 Å². The van der Waals surface area contributed by atoms with Crippen LogP contribution < -0.4 is 30.8 Å². The van der Waals surface area contributed by atoms with Crippen LogP contribution in [0.25, 0.3) is 0 Å². The molecule has 2 heterocycles. The molecule has 1 saturated carbocycles. The van der Waals surface area contributed by atoms with Gasteiger partial charge in [-0.05, 0) is 67.6 Å². The first kappa shape index (κ1) is 23.6. The third kappa shape index (κ3) is 4.48. The number of pyridine rings is 1. The fourth-order valence-corrected chi connectivity index (χ4v) is 5.18. The second kappa shape index (κ2) is 9.02. The molecule has 2 aromatic rings. The molecule has 1 unspecified atom stereocenters. The highest BCUT2D eigenvalue weighted by molar-refractivity contribution is 9.10. The topological polar surface area (TPSA) is 116 Å². The smallest absolute Gasteiger partial charge is 0.256 e. The van der Waals surface area contributed by atoms with Crippen molar-refractivity contribution in [1.29, 1.82) is 0 Å². The highest BCUT2D eigenvalue weighted by Gasteiger charge is 2.47. The van der Waals surface area contributed by atoms with Crippen LogP contribution in [0.15, 0.2) is 21.4 Å². The lowest BCUT2D eigenvalue weighted by Crippen LogP contribution is -2.46. The Bertz CT molecular complexity index is 1140. The third-order valence-corrected chi connectivity index (χ3v) is 7.27. The number of nitrogens with two attached hydrogens (primary N) is 1. The number of methoxy groups -OCH3 is 1. The molecule has 2 aliphatic rings. The Morgan fingerprint density at radius 2 is 1.91 bits per heavy atom. The molecule has 0 spiro atoms. The largest absolute Gasteiger partial charge is 0.496 e. The minimum absolute atomic E-state index is 0.0309. The predicted molar refractivity (Wildman–Crippen MR) is 128 cm³/mol. The van der Waals surface area contributed by atoms with Crippen LogP contribution in [0.3, 0.4) is 0 Å². The van der Waals surface area contributed by atoms with E-state index in [4.69, 9.17) is 19.9 Å². The van der Waals surface area contributed by atoms with Gasteiger partial charge in [0.05, 0.1) is 23.7 Å². The zero-order valence-corrected chi connectivity index (χ0v) is 20.9. The number of carbonyl (C=O) groups is 1. The number of nitrogens with one attached hydrogen (secondary N) is 2. The van der Waals surface area contributed by atoms with Crippen molar-refractivity contribution in [1.82, 2.24) is 10.3 Å². The molecule has 9 heteroatoms. The van der Waals surface area contributed by atoms with Crippen molar-refractivity contribution in [2.24, 2.45) is 11.7 Å². The fraction of sp³-hybridized carbons (Fsp3) is 0.500. The zero-order valence-electron chi connectivity index (χ0n) is 19.3. The van der Waals surface area contributed by atoms with Gasteiger partial charge in [0.25, 0.3) is 17.3 Å². The molecule has 1 fully saturated rings. The molecular weight excluding hydrogens is 490 g/mol. The second-order valence-corrected chi connectivity index (χ2v) is 9.89. The molecule has 8 nitrogen and oxygen atoms in total. The van der Waals surface area contributed by atoms with E-state index in [1.807, 2.05) is 13.8 Å². The molecule has 33 heavy (non-hydrogen) atoms. The summed E-state index contributed by atoms with van der Waals surface area (Å²) in [6.07, 6.45) is 3.75. The summed E-state index contributed by atoms with van der Waals surface area (Å²) in [4.78, 5) is 28.2. The molecule has 4 rings (SSSR count). The Hall–Kier alpha value is -2.52. The SMILES string of the molecule is COc1cc(C)[nH]c(=O)c1CNC(=O)c1cc(Br)c2c(c1C)OC(C)([C@H]1CC[C@H](N)CC1)O2. The quantitative estimate of drug-likeness (QED) is 0.554. The molecular formula is C24H30BrN3O5. The van der Waals surface area contributed by atoms with Crippen molar-refractivity contribution in [2.45, 2.75) is 64.8 Å². The maximum atomic E-state index is 13.1. The molecule has 0 radical (unpaired) electrons. The number of hydrogen-bond acceptors (Lipinski definition) is 6. The summed E-state index contributed by atoms with van der Waals surface area (Å²) < 4.78 is 18.6. The fourth-order valence-electron chi connectivity index (χ4n) is 4.69. The van der Waals surface area contributed by atoms with Gasteiger partial charge in [-0.1, -0.05) is 0 Å². The Kier molecular flexibility index (Phi) is 6.46. The van der Waals surface area contributed by atoms with Gasteiger partial charge in [-0.25, -0.2) is 0 Å². The number of aromatic amines is 1. The van der Waals surface area contributed by atoms with Gasteiger partial charge in [-0.2, -0.15) is 0 Å². The molecule has 1 aliphatic carbocycles. The third-order valence-electron chi connectivity index (χ3n) is 6.68. The van der Waals surface area contributed by atoms with Crippen LogP contribution in [-0.4, -0.2) is 29.8 Å². The number of aromatic nitrogens is 1. The molecule has 1 amide bonds. The van der Waals surface area contributed by atoms with Crippen LogP contribution in [0.2, 0.25) is 0 Å². The van der Waals surface area contributed by atoms with E-state index in [-0.39, 0.29) is 30.0 Å². The summed E-state index contributed by atoms with van der Waals surface area (Å²) in [6.45, 7) is 5.60. The van der Waals surface area contributed by atoms with Gasteiger partial charge >= 0.3 is 0 Å². The van der Waals surface area contributed by atoms with Crippen LogP contribution in [0.1, 0.15) is 59.8 Å². The van der Waals surface area contributed by atoms with E-state index in [1.165, 1.54) is 7.11 Å². The van der Waals surface area contributed by atoms with E-state index in [1.54, 1.807) is 19.1 Å². The van der Waals surface area contributed by atoms with Crippen LogP contribution in [0.5, 0.6) is 17.2 Å². The number of ether oxygens (including phenoxy) is 3. The van der Waals surface area contributed by atoms with Crippen LogP contribution in [0.4, 0.5) is 0 Å². The number of aryl methyl sites for hydroxylation is 1. The summed E-state index contributed by atoms with van der Waals surface area (Å²) >= 11 is 3.54. The number of carbonyl (C=O) groups excluding carboxylic acids is 1. The molecule has 1 aromatic carbocycles. The van der Waals surface area contributed by atoms with Crippen molar-refractivity contribution >= 4 is 21.8 Å². The highest BCUT2D eigenvalue weighted by Crippen LogP contribution is 2.51. The number of benzene rings is 1. The number of hydrogen-bond donors (Lipinski definition) is 3. The standard InChI is InChI=1S/C24H30BrN3O5/c1-12-9-19(31-4)17(23(30)28-12)11-27-22(29)16-10-18(25)21-20(13(16)2)32-24(3,33-21)14-5-7-15(26)8-6-14/h9-10,14-15H,5-8,11,26H2,1-4H3,(H,27,29)(H,28,30)/t14-,15-,24?. The first-order chi connectivity index (χ1) is 15.6. The molecule has 0 bridgehead atoms. The van der Waals surface area contributed by atoms with Crippen molar-refractivity contribution in [3.05, 3.63) is 49.3 Å². The van der Waals surface area contributed by atoms with Crippen LogP contribution in [-0.2, 0) is 6.54 Å². The number of fused-ring (bicyclic) bond motifs is 1. The lowest BCUT2D eigenvalue weighted by molar-refractivity contribution is -0.121. The van der Waals surface area contributed by atoms with E-state index in [9.17, 15) is 9.59 Å². The predicted octanol–water partition coefficient (Wildman–Crippen LogP) is 3.70. The first-order valence-electron chi connectivity index (χ1n) is 11.1. The number of amides is 1. The van der Waals surface area contributed by atoms with Gasteiger partial charge in [-0.15, -0.1) is 0 Å². The number of rotatable bonds is 5. The van der Waals surface area contributed by atoms with Crippen molar-refractivity contribution in [3.8, 4) is 17.2 Å². The molecule has 0 saturated heterocycles. The van der Waals surface area contributed by atoms with Crippen LogP contribution >= 0.6 is 15.9 Å². The average molecular weight is 520 g/mol. The maximum Gasteiger partial charge on any atom is 0.256 e. The van der Waals surface area contributed by atoms with Crippen molar-refractivity contribution < 1.29 is 19.0 Å². The Morgan fingerprint density at radius 3 is 2.58 bits per heavy atom. The number of halogens is 1. The normalized spacial score (nSPS) is 23.9. The van der Waals surface area contributed by atoms with Crippen molar-refractivity contribution in [2.75, 3.05) is 7.11 Å². The molecule has 178 valence electrons. The zero-order chi connectivity index (χ0) is 23.9.